The average Bonchev–Trinajstić information content (AvgIpc) is 2.72. The number of aryl methyl sites for hydroxylation is 1. The number of terminal acetylenes is 1. The Kier molecular flexibility index (Phi) is 6.71. The van der Waals surface area contributed by atoms with Crippen molar-refractivity contribution >= 4 is 11.8 Å². The van der Waals surface area contributed by atoms with Crippen molar-refractivity contribution in [2.24, 2.45) is 0 Å². The lowest BCUT2D eigenvalue weighted by atomic mass is 9.78. The maximum absolute atomic E-state index is 14.2. The summed E-state index contributed by atoms with van der Waals surface area (Å²) in [6, 6.07) is 17.3. The largest absolute Gasteiger partial charge is 0.207 e. The van der Waals surface area contributed by atoms with Gasteiger partial charge in [0, 0.05) is 9.79 Å². The van der Waals surface area contributed by atoms with Gasteiger partial charge in [0.2, 0.25) is 0 Å². The Morgan fingerprint density at radius 2 is 1.52 bits per heavy atom. The molecule has 0 spiro atoms. The molecule has 0 fully saturated rings. The highest BCUT2D eigenvalue weighted by Gasteiger charge is 2.23. The molecular formula is C25H21F3S. The summed E-state index contributed by atoms with van der Waals surface area (Å²) in [7, 11) is 0. The van der Waals surface area contributed by atoms with Crippen LogP contribution < -0.4 is 0 Å². The van der Waals surface area contributed by atoms with E-state index < -0.39 is 5.41 Å². The third-order valence-corrected chi connectivity index (χ3v) is 6.02. The molecule has 0 amide bonds. The fourth-order valence-corrected chi connectivity index (χ4v) is 4.08. The second-order valence-electron chi connectivity index (χ2n) is 7.16. The van der Waals surface area contributed by atoms with Gasteiger partial charge < -0.3 is 0 Å². The molecule has 0 aliphatic heterocycles. The minimum Gasteiger partial charge on any atom is -0.207 e. The first-order valence-electron chi connectivity index (χ1n) is 9.35. The first kappa shape index (κ1) is 21.1. The molecule has 0 N–H and O–H groups in total. The Labute approximate surface area is 174 Å². The van der Waals surface area contributed by atoms with E-state index in [9.17, 15) is 13.2 Å². The van der Waals surface area contributed by atoms with Crippen molar-refractivity contribution in [1.82, 2.24) is 0 Å². The van der Waals surface area contributed by atoms with Gasteiger partial charge in [-0.25, -0.2) is 13.2 Å². The molecule has 1 atom stereocenters. The summed E-state index contributed by atoms with van der Waals surface area (Å²) < 4.78 is 40.5. The van der Waals surface area contributed by atoms with E-state index in [1.165, 1.54) is 42.1 Å². The minimum absolute atomic E-state index is 0.286. The molecule has 0 radical (unpaired) electrons. The zero-order valence-corrected chi connectivity index (χ0v) is 16.9. The SMILES string of the molecule is C#CC(C)(CCCc1ccc(F)c(Sc2ccc(F)cc2)c1)c1ccc(F)cc1. The van der Waals surface area contributed by atoms with Gasteiger partial charge in [-0.2, -0.15) is 0 Å². The maximum Gasteiger partial charge on any atom is 0.137 e. The van der Waals surface area contributed by atoms with E-state index in [-0.39, 0.29) is 17.5 Å². The second-order valence-corrected chi connectivity index (χ2v) is 8.27. The monoisotopic (exact) mass is 410 g/mol. The summed E-state index contributed by atoms with van der Waals surface area (Å²) in [5.41, 5.74) is 1.43. The van der Waals surface area contributed by atoms with E-state index in [4.69, 9.17) is 6.42 Å². The van der Waals surface area contributed by atoms with Crippen molar-refractivity contribution in [3.05, 3.63) is 95.3 Å². The zero-order valence-electron chi connectivity index (χ0n) is 16.1. The van der Waals surface area contributed by atoms with E-state index in [1.54, 1.807) is 30.3 Å². The highest BCUT2D eigenvalue weighted by molar-refractivity contribution is 7.99. The highest BCUT2D eigenvalue weighted by Crippen LogP contribution is 2.32. The van der Waals surface area contributed by atoms with E-state index in [2.05, 4.69) is 5.92 Å². The molecule has 0 aliphatic carbocycles. The molecular weight excluding hydrogens is 389 g/mol. The van der Waals surface area contributed by atoms with Crippen LogP contribution in [0.2, 0.25) is 0 Å². The van der Waals surface area contributed by atoms with Crippen LogP contribution in [0.25, 0.3) is 0 Å². The summed E-state index contributed by atoms with van der Waals surface area (Å²) >= 11 is 1.27. The Bertz CT molecular complexity index is 1000. The van der Waals surface area contributed by atoms with Crippen molar-refractivity contribution in [2.45, 2.75) is 41.4 Å². The topological polar surface area (TPSA) is 0 Å². The van der Waals surface area contributed by atoms with E-state index in [0.29, 0.717) is 4.90 Å². The lowest BCUT2D eigenvalue weighted by Gasteiger charge is -2.24. The van der Waals surface area contributed by atoms with Crippen molar-refractivity contribution in [2.75, 3.05) is 0 Å². The number of hydrogen-bond acceptors (Lipinski definition) is 1. The van der Waals surface area contributed by atoms with Crippen LogP contribution in [0, 0.1) is 29.8 Å². The Morgan fingerprint density at radius 3 is 2.14 bits per heavy atom. The van der Waals surface area contributed by atoms with Gasteiger partial charge in [0.05, 0.1) is 5.41 Å². The molecule has 4 heteroatoms. The minimum atomic E-state index is -0.487. The Morgan fingerprint density at radius 1 is 0.897 bits per heavy atom. The molecule has 148 valence electrons. The Hall–Kier alpha value is -2.64. The molecule has 29 heavy (non-hydrogen) atoms. The van der Waals surface area contributed by atoms with Crippen molar-refractivity contribution < 1.29 is 13.2 Å². The summed E-state index contributed by atoms with van der Waals surface area (Å²) in [6.07, 6.45) is 8.06. The van der Waals surface area contributed by atoms with Crippen molar-refractivity contribution in [3.8, 4) is 12.3 Å². The van der Waals surface area contributed by atoms with E-state index in [0.717, 1.165) is 35.3 Å². The number of benzene rings is 3. The normalized spacial score (nSPS) is 12.9. The predicted molar refractivity (Wildman–Crippen MR) is 112 cm³/mol. The van der Waals surface area contributed by atoms with Crippen LogP contribution in [-0.4, -0.2) is 0 Å². The van der Waals surface area contributed by atoms with Gasteiger partial charge in [-0.05, 0) is 85.8 Å². The van der Waals surface area contributed by atoms with Crippen LogP contribution in [0.3, 0.4) is 0 Å². The van der Waals surface area contributed by atoms with Gasteiger partial charge in [0.25, 0.3) is 0 Å². The van der Waals surface area contributed by atoms with Crippen LogP contribution in [0.5, 0.6) is 0 Å². The van der Waals surface area contributed by atoms with Crippen molar-refractivity contribution in [1.29, 1.82) is 0 Å². The molecule has 0 aromatic heterocycles. The average molecular weight is 411 g/mol. The van der Waals surface area contributed by atoms with Crippen LogP contribution in [0.1, 0.15) is 30.9 Å². The molecule has 3 rings (SSSR count). The third-order valence-electron chi connectivity index (χ3n) is 4.98. The Balaban J connectivity index is 1.66. The van der Waals surface area contributed by atoms with Gasteiger partial charge in [-0.1, -0.05) is 35.9 Å². The van der Waals surface area contributed by atoms with Gasteiger partial charge in [0.15, 0.2) is 0 Å². The molecule has 0 saturated carbocycles. The highest BCUT2D eigenvalue weighted by atomic mass is 32.2. The molecule has 3 aromatic carbocycles. The first-order valence-corrected chi connectivity index (χ1v) is 10.2. The molecule has 0 heterocycles. The zero-order chi connectivity index (χ0) is 20.9. The van der Waals surface area contributed by atoms with Gasteiger partial charge in [-0.15, -0.1) is 6.42 Å². The maximum atomic E-state index is 14.2. The molecule has 0 aliphatic rings. The van der Waals surface area contributed by atoms with Gasteiger partial charge in [0.1, 0.15) is 17.5 Å². The number of halogens is 3. The molecule has 3 aromatic rings. The second kappa shape index (κ2) is 9.24. The lowest BCUT2D eigenvalue weighted by Crippen LogP contribution is -2.19. The van der Waals surface area contributed by atoms with Crippen LogP contribution in [0.4, 0.5) is 13.2 Å². The smallest absolute Gasteiger partial charge is 0.137 e. The fourth-order valence-electron chi connectivity index (χ4n) is 3.17. The van der Waals surface area contributed by atoms with E-state index >= 15 is 0 Å². The number of rotatable bonds is 7. The number of hydrogen-bond donors (Lipinski definition) is 0. The molecule has 1 unspecified atom stereocenters. The van der Waals surface area contributed by atoms with Crippen LogP contribution in [-0.2, 0) is 11.8 Å². The summed E-state index contributed by atoms with van der Waals surface area (Å²) in [5, 5.41) is 0. The van der Waals surface area contributed by atoms with Crippen molar-refractivity contribution in [3.63, 3.8) is 0 Å². The fraction of sp³-hybridized carbons (Fsp3) is 0.200. The standard InChI is InChI=1S/C25H21F3S/c1-3-25(2,19-7-9-20(26)10-8-19)16-4-5-18-6-15-23(28)24(17-18)29-22-13-11-21(27)12-14-22/h1,6-15,17H,4-5,16H2,2H3. The molecule has 0 nitrogen and oxygen atoms in total. The van der Waals surface area contributed by atoms with Crippen LogP contribution in [0.15, 0.2) is 76.5 Å². The van der Waals surface area contributed by atoms with Gasteiger partial charge >= 0.3 is 0 Å². The van der Waals surface area contributed by atoms with Crippen LogP contribution >= 0.6 is 11.8 Å². The molecule has 0 saturated heterocycles. The predicted octanol–water partition coefficient (Wildman–Crippen LogP) is 7.17. The molecule has 0 bridgehead atoms. The summed E-state index contributed by atoms with van der Waals surface area (Å²) in [4.78, 5) is 1.28. The summed E-state index contributed by atoms with van der Waals surface area (Å²) in [5.74, 6) is 1.93. The third kappa shape index (κ3) is 5.46. The van der Waals surface area contributed by atoms with E-state index in [1.807, 2.05) is 13.0 Å². The van der Waals surface area contributed by atoms with Gasteiger partial charge in [-0.3, -0.25) is 0 Å². The lowest BCUT2D eigenvalue weighted by molar-refractivity contribution is 0.530. The summed E-state index contributed by atoms with van der Waals surface area (Å²) in [6.45, 7) is 1.97. The quantitative estimate of drug-likeness (QED) is 0.372. The first-order chi connectivity index (χ1) is 13.9.